The number of oxazole rings is 1. The van der Waals surface area contributed by atoms with E-state index in [1.165, 1.54) is 0 Å². The molecule has 3 aromatic rings. The van der Waals surface area contributed by atoms with Crippen LogP contribution < -0.4 is 10.1 Å². The van der Waals surface area contributed by atoms with Gasteiger partial charge in [0.15, 0.2) is 12.3 Å². The van der Waals surface area contributed by atoms with E-state index in [0.717, 1.165) is 17.4 Å². The lowest BCUT2D eigenvalue weighted by Gasteiger charge is -2.18. The van der Waals surface area contributed by atoms with Crippen LogP contribution in [0.4, 0.5) is 0 Å². The Kier molecular flexibility index (Phi) is 5.11. The van der Waals surface area contributed by atoms with Crippen molar-refractivity contribution < 1.29 is 19.1 Å². The maximum absolute atomic E-state index is 10.8. The van der Waals surface area contributed by atoms with Crippen LogP contribution in [0.3, 0.4) is 0 Å². The minimum Gasteiger partial charge on any atom is -0.484 e. The number of nitrogens with one attached hydrogen (secondary N) is 1. The summed E-state index contributed by atoms with van der Waals surface area (Å²) in [5.41, 5.74) is 2.08. The summed E-state index contributed by atoms with van der Waals surface area (Å²) < 4.78 is 10.8. The monoisotopic (exact) mass is 338 g/mol. The second-order valence-electron chi connectivity index (χ2n) is 5.43. The van der Waals surface area contributed by atoms with Crippen molar-refractivity contribution in [1.29, 1.82) is 0 Å². The highest BCUT2D eigenvalue weighted by Gasteiger charge is 2.13. The number of hydrogen-bond acceptors (Lipinski definition) is 5. The van der Waals surface area contributed by atoms with Gasteiger partial charge in [-0.2, -0.15) is 0 Å². The number of carbonyl (C=O) groups is 1. The first-order valence-corrected chi connectivity index (χ1v) is 7.80. The van der Waals surface area contributed by atoms with Crippen LogP contribution in [0, 0.1) is 0 Å². The molecule has 0 aliphatic carbocycles. The highest BCUT2D eigenvalue weighted by Crippen LogP contribution is 2.25. The van der Waals surface area contributed by atoms with E-state index in [1.807, 2.05) is 49.5 Å². The molecule has 0 aliphatic heterocycles. The van der Waals surface area contributed by atoms with E-state index in [2.05, 4.69) is 22.4 Å². The van der Waals surface area contributed by atoms with Crippen LogP contribution in [0.5, 0.6) is 5.75 Å². The molecule has 0 saturated heterocycles. The van der Waals surface area contributed by atoms with Gasteiger partial charge in [0.25, 0.3) is 0 Å². The van der Waals surface area contributed by atoms with Crippen molar-refractivity contribution in [3.8, 4) is 5.75 Å². The third-order valence-electron chi connectivity index (χ3n) is 3.75. The Morgan fingerprint density at radius 3 is 2.64 bits per heavy atom. The van der Waals surface area contributed by atoms with Crippen LogP contribution in [-0.2, 0) is 6.61 Å². The zero-order valence-electron chi connectivity index (χ0n) is 13.7. The Hall–Kier alpha value is -3.12. The molecule has 0 amide bonds. The molecule has 1 unspecified atom stereocenters. The summed E-state index contributed by atoms with van der Waals surface area (Å²) >= 11 is 0. The zero-order chi connectivity index (χ0) is 17.6. The lowest BCUT2D eigenvalue weighted by molar-refractivity contribution is 0.0690. The summed E-state index contributed by atoms with van der Waals surface area (Å²) in [6.07, 6.45) is 1.10. The third-order valence-corrected chi connectivity index (χ3v) is 3.75. The molecule has 2 N–H and O–H groups in total. The van der Waals surface area contributed by atoms with Crippen LogP contribution in [0.15, 0.2) is 65.3 Å². The average Bonchev–Trinajstić information content (AvgIpc) is 3.11. The van der Waals surface area contributed by atoms with Crippen molar-refractivity contribution in [3.63, 3.8) is 0 Å². The molecule has 2 aromatic carbocycles. The standard InChI is InChI=1S/C19H18N2O4/c1-20-18(13-6-3-2-4-7-13)14-8-5-9-15(10-14)24-12-17-21-16(11-25-17)19(22)23/h2-11,18,20H,12H2,1H3,(H,22,23). The van der Waals surface area contributed by atoms with Crippen molar-refractivity contribution in [3.05, 3.63) is 83.6 Å². The van der Waals surface area contributed by atoms with E-state index in [9.17, 15) is 4.79 Å². The number of nitrogens with zero attached hydrogens (tertiary/aromatic N) is 1. The van der Waals surface area contributed by atoms with Crippen LogP contribution >= 0.6 is 0 Å². The van der Waals surface area contributed by atoms with Crippen molar-refractivity contribution in [2.45, 2.75) is 12.6 Å². The molecular weight excluding hydrogens is 320 g/mol. The van der Waals surface area contributed by atoms with Gasteiger partial charge in [0.2, 0.25) is 5.89 Å². The van der Waals surface area contributed by atoms with Gasteiger partial charge in [-0.25, -0.2) is 9.78 Å². The molecule has 0 saturated carbocycles. The number of rotatable bonds is 7. The first-order chi connectivity index (χ1) is 12.2. The molecule has 6 nitrogen and oxygen atoms in total. The van der Waals surface area contributed by atoms with Crippen molar-refractivity contribution in [2.24, 2.45) is 0 Å². The lowest BCUT2D eigenvalue weighted by Crippen LogP contribution is -2.17. The lowest BCUT2D eigenvalue weighted by atomic mass is 9.99. The molecule has 1 heterocycles. The predicted octanol–water partition coefficient (Wildman–Crippen LogP) is 3.26. The number of ether oxygens (including phenoxy) is 1. The van der Waals surface area contributed by atoms with Crippen LogP contribution in [0.1, 0.15) is 33.5 Å². The van der Waals surface area contributed by atoms with Gasteiger partial charge in [0, 0.05) is 0 Å². The third kappa shape index (κ3) is 4.05. The first-order valence-electron chi connectivity index (χ1n) is 7.80. The molecule has 3 rings (SSSR count). The molecule has 6 heteroatoms. The van der Waals surface area contributed by atoms with Gasteiger partial charge in [-0.1, -0.05) is 42.5 Å². The fraction of sp³-hybridized carbons (Fsp3) is 0.158. The first kappa shape index (κ1) is 16.7. The summed E-state index contributed by atoms with van der Waals surface area (Å²) in [4.78, 5) is 14.6. The smallest absolute Gasteiger partial charge is 0.357 e. The maximum Gasteiger partial charge on any atom is 0.357 e. The highest BCUT2D eigenvalue weighted by atomic mass is 16.5. The van der Waals surface area contributed by atoms with E-state index in [4.69, 9.17) is 14.3 Å². The Bertz CT molecular complexity index is 845. The van der Waals surface area contributed by atoms with Gasteiger partial charge in [0.05, 0.1) is 6.04 Å². The molecule has 25 heavy (non-hydrogen) atoms. The molecule has 1 aromatic heterocycles. The summed E-state index contributed by atoms with van der Waals surface area (Å²) in [7, 11) is 1.91. The number of aromatic nitrogens is 1. The molecule has 1 atom stereocenters. The van der Waals surface area contributed by atoms with Crippen LogP contribution in [-0.4, -0.2) is 23.1 Å². The molecule has 0 fully saturated rings. The summed E-state index contributed by atoms with van der Waals surface area (Å²) in [6, 6.07) is 17.9. The number of carboxylic acid groups (broad SMARTS) is 1. The molecule has 128 valence electrons. The van der Waals surface area contributed by atoms with Crippen molar-refractivity contribution in [2.75, 3.05) is 7.05 Å². The molecule has 0 aliphatic rings. The number of carboxylic acids is 1. The fourth-order valence-electron chi connectivity index (χ4n) is 2.58. The van der Waals surface area contributed by atoms with Gasteiger partial charge in [-0.05, 0) is 30.3 Å². The number of benzene rings is 2. The van der Waals surface area contributed by atoms with E-state index in [1.54, 1.807) is 0 Å². The summed E-state index contributed by atoms with van der Waals surface area (Å²) in [5, 5.41) is 12.1. The Balaban J connectivity index is 1.73. The Morgan fingerprint density at radius 1 is 1.20 bits per heavy atom. The topological polar surface area (TPSA) is 84.6 Å². The quantitative estimate of drug-likeness (QED) is 0.688. The minimum atomic E-state index is -1.13. The van der Waals surface area contributed by atoms with Gasteiger partial charge in [-0.15, -0.1) is 0 Å². The van der Waals surface area contributed by atoms with Gasteiger partial charge >= 0.3 is 5.97 Å². The SMILES string of the molecule is CNC(c1ccccc1)c1cccc(OCc2nc(C(=O)O)co2)c1. The van der Waals surface area contributed by atoms with Gasteiger partial charge < -0.3 is 19.6 Å². The number of aromatic carboxylic acids is 1. The highest BCUT2D eigenvalue weighted by molar-refractivity contribution is 5.84. The fourth-order valence-corrected chi connectivity index (χ4v) is 2.58. The summed E-state index contributed by atoms with van der Waals surface area (Å²) in [6.45, 7) is 0.0618. The van der Waals surface area contributed by atoms with Crippen molar-refractivity contribution in [1.82, 2.24) is 10.3 Å². The van der Waals surface area contributed by atoms with Gasteiger partial charge in [0.1, 0.15) is 12.0 Å². The van der Waals surface area contributed by atoms with E-state index in [0.29, 0.717) is 5.75 Å². The molecule has 0 spiro atoms. The Labute approximate surface area is 145 Å². The molecule has 0 radical (unpaired) electrons. The minimum absolute atomic E-state index is 0.0464. The predicted molar refractivity (Wildman–Crippen MR) is 91.6 cm³/mol. The molecular formula is C19H18N2O4. The maximum atomic E-state index is 10.8. The average molecular weight is 338 g/mol. The van der Waals surface area contributed by atoms with E-state index < -0.39 is 5.97 Å². The normalized spacial score (nSPS) is 11.9. The number of hydrogen-bond donors (Lipinski definition) is 2. The van der Waals surface area contributed by atoms with Crippen LogP contribution in [0.2, 0.25) is 0 Å². The Morgan fingerprint density at radius 2 is 1.96 bits per heavy atom. The van der Waals surface area contributed by atoms with E-state index in [-0.39, 0.29) is 24.2 Å². The van der Waals surface area contributed by atoms with Crippen molar-refractivity contribution >= 4 is 5.97 Å². The second kappa shape index (κ2) is 7.63. The van der Waals surface area contributed by atoms with Gasteiger partial charge in [-0.3, -0.25) is 0 Å². The second-order valence-corrected chi connectivity index (χ2v) is 5.43. The zero-order valence-corrected chi connectivity index (χ0v) is 13.7. The van der Waals surface area contributed by atoms with Crippen LogP contribution in [0.25, 0.3) is 0 Å². The largest absolute Gasteiger partial charge is 0.484 e. The molecule has 0 bridgehead atoms. The van der Waals surface area contributed by atoms with E-state index >= 15 is 0 Å². The summed E-state index contributed by atoms with van der Waals surface area (Å²) in [5.74, 6) is -0.253.